The summed E-state index contributed by atoms with van der Waals surface area (Å²) in [6, 6.07) is 2.43. The molecule has 3 heterocycles. The topological polar surface area (TPSA) is 62.7 Å². The molecule has 3 rings (SSSR count). The van der Waals surface area contributed by atoms with Crippen molar-refractivity contribution in [3.8, 4) is 5.88 Å². The number of amides is 1. The van der Waals surface area contributed by atoms with Crippen molar-refractivity contribution < 1.29 is 23.4 Å². The first-order valence-corrected chi connectivity index (χ1v) is 6.96. The van der Waals surface area contributed by atoms with Gasteiger partial charge in [-0.25, -0.2) is 18.6 Å². The Kier molecular flexibility index (Phi) is 3.65. The van der Waals surface area contributed by atoms with E-state index >= 15 is 0 Å². The second-order valence-electron chi connectivity index (χ2n) is 5.51. The lowest BCUT2D eigenvalue weighted by Gasteiger charge is -2.36. The summed E-state index contributed by atoms with van der Waals surface area (Å²) in [5.74, 6) is 0.181. The third-order valence-corrected chi connectivity index (χ3v) is 4.21. The molecule has 5 nitrogen and oxygen atoms in total. The minimum atomic E-state index is -2.56. The van der Waals surface area contributed by atoms with Crippen LogP contribution in [0.4, 0.5) is 13.6 Å². The Balaban J connectivity index is 1.68. The molecule has 7 heteroatoms. The zero-order valence-electron chi connectivity index (χ0n) is 11.3. The molecule has 114 valence electrons. The van der Waals surface area contributed by atoms with Gasteiger partial charge in [0, 0.05) is 42.8 Å². The zero-order chi connectivity index (χ0) is 15.0. The lowest BCUT2D eigenvalue weighted by atomic mass is 10.0. The van der Waals surface area contributed by atoms with Gasteiger partial charge in [-0.15, -0.1) is 0 Å². The average molecular weight is 298 g/mol. The highest BCUT2D eigenvalue weighted by Gasteiger charge is 2.44. The van der Waals surface area contributed by atoms with Crippen molar-refractivity contribution in [1.82, 2.24) is 9.88 Å². The summed E-state index contributed by atoms with van der Waals surface area (Å²) in [5, 5.41) is 9.18. The van der Waals surface area contributed by atoms with Crippen molar-refractivity contribution in [1.29, 1.82) is 0 Å². The van der Waals surface area contributed by atoms with Gasteiger partial charge in [0.15, 0.2) is 0 Å². The van der Waals surface area contributed by atoms with E-state index in [1.54, 1.807) is 0 Å². The number of carbonyl (C=O) groups is 1. The standard InChI is InChI=1S/C14H16F2N2O3/c15-13(16)8-3-4-17-12(5-8)21-11-6-9-1-2-10(7-11)18(9)14(19)20/h3-5,9-11,13H,1-2,6-7H2,(H,19,20)/t9-,10+,11+. The molecule has 0 unspecified atom stereocenters. The van der Waals surface area contributed by atoms with Gasteiger partial charge in [-0.2, -0.15) is 0 Å². The number of nitrogens with zero attached hydrogens (tertiary/aromatic N) is 2. The van der Waals surface area contributed by atoms with Crippen molar-refractivity contribution in [2.75, 3.05) is 0 Å². The number of hydrogen-bond acceptors (Lipinski definition) is 3. The normalized spacial score (nSPS) is 28.0. The maximum atomic E-state index is 12.6. The fraction of sp³-hybridized carbons (Fsp3) is 0.571. The minimum absolute atomic E-state index is 0.0375. The minimum Gasteiger partial charge on any atom is -0.474 e. The van der Waals surface area contributed by atoms with Crippen molar-refractivity contribution >= 4 is 6.09 Å². The summed E-state index contributed by atoms with van der Waals surface area (Å²) in [7, 11) is 0. The number of alkyl halides is 2. The number of ether oxygens (including phenoxy) is 1. The maximum Gasteiger partial charge on any atom is 0.407 e. The molecule has 2 aliphatic heterocycles. The van der Waals surface area contributed by atoms with Crippen LogP contribution in [-0.4, -0.2) is 39.3 Å². The van der Waals surface area contributed by atoms with Crippen LogP contribution in [-0.2, 0) is 0 Å². The number of halogens is 2. The second-order valence-corrected chi connectivity index (χ2v) is 5.51. The SMILES string of the molecule is O=C(O)N1[C@@H]2CC[C@H]1C[C@@H](Oc1cc(C(F)F)ccn1)C2. The van der Waals surface area contributed by atoms with Crippen molar-refractivity contribution in [2.24, 2.45) is 0 Å². The van der Waals surface area contributed by atoms with E-state index in [1.807, 2.05) is 0 Å². The van der Waals surface area contributed by atoms with Crippen LogP contribution in [0.25, 0.3) is 0 Å². The van der Waals surface area contributed by atoms with E-state index in [2.05, 4.69) is 4.98 Å². The van der Waals surface area contributed by atoms with E-state index in [1.165, 1.54) is 23.2 Å². The first-order chi connectivity index (χ1) is 10.0. The van der Waals surface area contributed by atoms with E-state index in [4.69, 9.17) is 4.74 Å². The van der Waals surface area contributed by atoms with Crippen LogP contribution in [0.5, 0.6) is 5.88 Å². The highest BCUT2D eigenvalue weighted by Crippen LogP contribution is 2.37. The smallest absolute Gasteiger partial charge is 0.407 e. The predicted octanol–water partition coefficient (Wildman–Crippen LogP) is 3.07. The Hall–Kier alpha value is -1.92. The molecule has 0 spiro atoms. The van der Waals surface area contributed by atoms with E-state index in [0.29, 0.717) is 12.8 Å². The Bertz CT molecular complexity index is 527. The lowest BCUT2D eigenvalue weighted by molar-refractivity contribution is 0.0474. The molecule has 2 aliphatic rings. The molecular formula is C14H16F2N2O3. The molecule has 0 saturated carbocycles. The lowest BCUT2D eigenvalue weighted by Crippen LogP contribution is -2.48. The highest BCUT2D eigenvalue weighted by molar-refractivity contribution is 5.66. The zero-order valence-corrected chi connectivity index (χ0v) is 11.3. The largest absolute Gasteiger partial charge is 0.474 e. The first kappa shape index (κ1) is 14.0. The van der Waals surface area contributed by atoms with Crippen LogP contribution >= 0.6 is 0 Å². The molecular weight excluding hydrogens is 282 g/mol. The van der Waals surface area contributed by atoms with Crippen LogP contribution in [0.2, 0.25) is 0 Å². The van der Waals surface area contributed by atoms with Gasteiger partial charge in [-0.3, -0.25) is 0 Å². The molecule has 2 saturated heterocycles. The van der Waals surface area contributed by atoms with E-state index in [9.17, 15) is 18.7 Å². The molecule has 2 bridgehead atoms. The number of pyridine rings is 1. The Morgan fingerprint density at radius 3 is 2.62 bits per heavy atom. The van der Waals surface area contributed by atoms with Crippen molar-refractivity contribution in [3.05, 3.63) is 23.9 Å². The van der Waals surface area contributed by atoms with Crippen LogP contribution in [0, 0.1) is 0 Å². The van der Waals surface area contributed by atoms with Crippen LogP contribution in [0.3, 0.4) is 0 Å². The van der Waals surface area contributed by atoms with Crippen molar-refractivity contribution in [3.63, 3.8) is 0 Å². The molecule has 0 radical (unpaired) electrons. The third-order valence-electron chi connectivity index (χ3n) is 4.21. The fourth-order valence-electron chi connectivity index (χ4n) is 3.33. The van der Waals surface area contributed by atoms with Gasteiger partial charge in [0.05, 0.1) is 0 Å². The quantitative estimate of drug-likeness (QED) is 0.931. The number of rotatable bonds is 3. The van der Waals surface area contributed by atoms with E-state index in [-0.39, 0.29) is 29.6 Å². The monoisotopic (exact) mass is 298 g/mol. The molecule has 1 N–H and O–H groups in total. The number of piperidine rings is 1. The number of carboxylic acid groups (broad SMARTS) is 1. The average Bonchev–Trinajstić information content (AvgIpc) is 2.71. The molecule has 21 heavy (non-hydrogen) atoms. The van der Waals surface area contributed by atoms with Gasteiger partial charge >= 0.3 is 6.09 Å². The Morgan fingerprint density at radius 2 is 2.05 bits per heavy atom. The summed E-state index contributed by atoms with van der Waals surface area (Å²) in [6.07, 6.45) is 0.533. The van der Waals surface area contributed by atoms with E-state index in [0.717, 1.165) is 12.8 Å². The van der Waals surface area contributed by atoms with Gasteiger partial charge in [0.1, 0.15) is 6.10 Å². The summed E-state index contributed by atoms with van der Waals surface area (Å²) in [6.45, 7) is 0. The number of hydrogen-bond donors (Lipinski definition) is 1. The molecule has 3 atom stereocenters. The predicted molar refractivity (Wildman–Crippen MR) is 69.5 cm³/mol. The van der Waals surface area contributed by atoms with Gasteiger partial charge < -0.3 is 14.7 Å². The fourth-order valence-corrected chi connectivity index (χ4v) is 3.33. The third kappa shape index (κ3) is 2.77. The van der Waals surface area contributed by atoms with Crippen LogP contribution in [0.15, 0.2) is 18.3 Å². The van der Waals surface area contributed by atoms with Crippen LogP contribution in [0.1, 0.15) is 37.7 Å². The summed E-state index contributed by atoms with van der Waals surface area (Å²) in [5.41, 5.74) is -0.119. The molecule has 0 aliphatic carbocycles. The highest BCUT2D eigenvalue weighted by atomic mass is 19.3. The maximum absolute atomic E-state index is 12.6. The Labute approximate surface area is 120 Å². The first-order valence-electron chi connectivity index (χ1n) is 6.96. The van der Waals surface area contributed by atoms with E-state index < -0.39 is 12.5 Å². The van der Waals surface area contributed by atoms with Crippen LogP contribution < -0.4 is 4.74 Å². The summed E-state index contributed by atoms with van der Waals surface area (Å²) >= 11 is 0. The number of fused-ring (bicyclic) bond motifs is 2. The number of aromatic nitrogens is 1. The molecule has 2 fully saturated rings. The molecule has 0 aromatic carbocycles. The van der Waals surface area contributed by atoms with Gasteiger partial charge in [0.2, 0.25) is 5.88 Å². The van der Waals surface area contributed by atoms with Crippen molar-refractivity contribution in [2.45, 2.75) is 50.3 Å². The van der Waals surface area contributed by atoms with Gasteiger partial charge in [0.25, 0.3) is 6.43 Å². The summed E-state index contributed by atoms with van der Waals surface area (Å²) in [4.78, 5) is 16.6. The van der Waals surface area contributed by atoms with Gasteiger partial charge in [-0.05, 0) is 18.9 Å². The molecule has 1 amide bonds. The second kappa shape index (κ2) is 5.46. The molecule has 1 aromatic rings. The van der Waals surface area contributed by atoms with Gasteiger partial charge in [-0.1, -0.05) is 0 Å². The molecule has 1 aromatic heterocycles. The summed E-state index contributed by atoms with van der Waals surface area (Å²) < 4.78 is 31.0. The Morgan fingerprint density at radius 1 is 1.38 bits per heavy atom.